The van der Waals surface area contributed by atoms with Gasteiger partial charge in [0, 0.05) is 11.6 Å². The maximum atomic E-state index is 13.2. The summed E-state index contributed by atoms with van der Waals surface area (Å²) in [5, 5.41) is 15.1. The Labute approximate surface area is 190 Å². The van der Waals surface area contributed by atoms with Crippen LogP contribution in [0, 0.1) is 6.92 Å². The fourth-order valence-corrected chi connectivity index (χ4v) is 3.71. The van der Waals surface area contributed by atoms with Crippen LogP contribution in [-0.2, 0) is 9.59 Å². The number of hydrogen-bond donors (Lipinski definition) is 1. The van der Waals surface area contributed by atoms with Crippen LogP contribution in [0.5, 0.6) is 11.5 Å². The Morgan fingerprint density at radius 2 is 1.94 bits per heavy atom. The molecule has 0 bridgehead atoms. The van der Waals surface area contributed by atoms with Gasteiger partial charge in [0.25, 0.3) is 5.78 Å². The van der Waals surface area contributed by atoms with E-state index >= 15 is 0 Å². The Morgan fingerprint density at radius 3 is 2.64 bits per heavy atom. The monoisotopic (exact) mass is 446 g/mol. The summed E-state index contributed by atoms with van der Waals surface area (Å²) in [6, 6.07) is 14.2. The van der Waals surface area contributed by atoms with E-state index in [1.54, 1.807) is 67.6 Å². The molecular weight excluding hydrogens is 424 g/mol. The average molecular weight is 446 g/mol. The molecule has 168 valence electrons. The van der Waals surface area contributed by atoms with Gasteiger partial charge in [-0.2, -0.15) is 0 Å². The van der Waals surface area contributed by atoms with Crippen molar-refractivity contribution in [1.29, 1.82) is 0 Å². The van der Waals surface area contributed by atoms with Gasteiger partial charge in [-0.1, -0.05) is 42.1 Å². The van der Waals surface area contributed by atoms with Crippen LogP contribution in [0.4, 0.5) is 5.82 Å². The van der Waals surface area contributed by atoms with Crippen LogP contribution in [0.1, 0.15) is 22.9 Å². The first-order valence-corrected chi connectivity index (χ1v) is 10.2. The Balaban J connectivity index is 1.91. The number of nitrogens with zero attached hydrogens (tertiary/aromatic N) is 2. The molecule has 1 atom stereocenters. The van der Waals surface area contributed by atoms with Gasteiger partial charge in [-0.05, 0) is 36.8 Å². The molecule has 0 unspecified atom stereocenters. The van der Waals surface area contributed by atoms with Crippen molar-refractivity contribution in [2.75, 3.05) is 18.6 Å². The molecule has 8 heteroatoms. The van der Waals surface area contributed by atoms with E-state index in [-0.39, 0.29) is 23.8 Å². The molecule has 1 N–H and O–H groups in total. The molecule has 33 heavy (non-hydrogen) atoms. The van der Waals surface area contributed by atoms with Crippen LogP contribution in [0.2, 0.25) is 0 Å². The lowest BCUT2D eigenvalue weighted by atomic mass is 9.95. The van der Waals surface area contributed by atoms with Crippen molar-refractivity contribution in [3.63, 3.8) is 0 Å². The minimum atomic E-state index is -0.951. The van der Waals surface area contributed by atoms with Crippen LogP contribution in [-0.4, -0.2) is 35.7 Å². The number of methoxy groups -OCH3 is 1. The first-order chi connectivity index (χ1) is 15.9. The van der Waals surface area contributed by atoms with Gasteiger partial charge in [0.2, 0.25) is 0 Å². The van der Waals surface area contributed by atoms with Crippen LogP contribution in [0.25, 0.3) is 5.76 Å². The number of aliphatic hydroxyl groups is 1. The predicted octanol–water partition coefficient (Wildman–Crippen LogP) is 4.18. The van der Waals surface area contributed by atoms with Crippen molar-refractivity contribution in [3.8, 4) is 11.5 Å². The second-order valence-corrected chi connectivity index (χ2v) is 7.37. The topological polar surface area (TPSA) is 102 Å². The van der Waals surface area contributed by atoms with Crippen molar-refractivity contribution in [1.82, 2.24) is 5.16 Å². The summed E-state index contributed by atoms with van der Waals surface area (Å²) in [7, 11) is 1.50. The molecule has 1 aromatic heterocycles. The summed E-state index contributed by atoms with van der Waals surface area (Å²) in [5.74, 6) is -0.318. The summed E-state index contributed by atoms with van der Waals surface area (Å²) in [5.41, 5.74) is 0.823. The van der Waals surface area contributed by atoms with E-state index in [9.17, 15) is 14.7 Å². The third kappa shape index (κ3) is 4.10. The highest BCUT2D eigenvalue weighted by molar-refractivity contribution is 6.51. The van der Waals surface area contributed by atoms with Gasteiger partial charge in [-0.3, -0.25) is 14.5 Å². The Bertz CT molecular complexity index is 1260. The number of hydrogen-bond acceptors (Lipinski definition) is 7. The van der Waals surface area contributed by atoms with Gasteiger partial charge < -0.3 is 19.1 Å². The number of carbonyl (C=O) groups is 2. The number of aliphatic hydroxyl groups excluding tert-OH is 1. The number of ether oxygens (including phenoxy) is 2. The van der Waals surface area contributed by atoms with Gasteiger partial charge in [-0.15, -0.1) is 0 Å². The number of rotatable bonds is 7. The number of amides is 1. The average Bonchev–Trinajstić information content (AvgIpc) is 3.37. The van der Waals surface area contributed by atoms with Crippen molar-refractivity contribution in [3.05, 3.63) is 89.7 Å². The number of aromatic nitrogens is 1. The lowest BCUT2D eigenvalue weighted by Crippen LogP contribution is -2.29. The van der Waals surface area contributed by atoms with E-state index in [1.807, 2.05) is 0 Å². The molecule has 3 aromatic rings. The third-order valence-electron chi connectivity index (χ3n) is 5.19. The zero-order chi connectivity index (χ0) is 23.5. The molecule has 1 aliphatic rings. The standard InChI is InChI=1S/C25H22N2O6/c1-4-11-32-19-10-5-7-16(13-19)22-21(23(28)17-8-6-9-18(14-17)31-3)24(29)25(30)27(22)20-12-15(2)33-26-20/h4-10,12-14,22,28H,1,11H2,2-3H3/b23-21+/t22-/m0/s1. The van der Waals surface area contributed by atoms with Crippen molar-refractivity contribution in [2.45, 2.75) is 13.0 Å². The van der Waals surface area contributed by atoms with Crippen LogP contribution >= 0.6 is 0 Å². The highest BCUT2D eigenvalue weighted by Crippen LogP contribution is 2.42. The first-order valence-electron chi connectivity index (χ1n) is 10.2. The lowest BCUT2D eigenvalue weighted by molar-refractivity contribution is -0.132. The zero-order valence-corrected chi connectivity index (χ0v) is 18.1. The zero-order valence-electron chi connectivity index (χ0n) is 18.1. The van der Waals surface area contributed by atoms with E-state index in [0.717, 1.165) is 0 Å². The number of benzene rings is 2. The molecular formula is C25H22N2O6. The maximum Gasteiger partial charge on any atom is 0.301 e. The summed E-state index contributed by atoms with van der Waals surface area (Å²) >= 11 is 0. The van der Waals surface area contributed by atoms with E-state index in [4.69, 9.17) is 14.0 Å². The molecule has 0 saturated carbocycles. The highest BCUT2D eigenvalue weighted by atomic mass is 16.5. The lowest BCUT2D eigenvalue weighted by Gasteiger charge is -2.23. The van der Waals surface area contributed by atoms with E-state index < -0.39 is 17.7 Å². The fraction of sp³-hybridized carbons (Fsp3) is 0.160. The smallest absolute Gasteiger partial charge is 0.301 e. The van der Waals surface area contributed by atoms with Gasteiger partial charge in [-0.25, -0.2) is 0 Å². The molecule has 1 aliphatic heterocycles. The number of aryl methyl sites for hydroxylation is 1. The van der Waals surface area contributed by atoms with E-state index in [1.165, 1.54) is 12.0 Å². The molecule has 2 aromatic carbocycles. The van der Waals surface area contributed by atoms with Crippen LogP contribution < -0.4 is 14.4 Å². The molecule has 0 radical (unpaired) electrons. The SMILES string of the molecule is C=CCOc1cccc([C@H]2/C(=C(\O)c3cccc(OC)c3)C(=O)C(=O)N2c2cc(C)on2)c1. The molecule has 4 rings (SSSR count). The van der Waals surface area contributed by atoms with Crippen molar-refractivity contribution < 1.29 is 28.7 Å². The summed E-state index contributed by atoms with van der Waals surface area (Å²) in [6.45, 7) is 5.61. The first kappa shape index (κ1) is 21.9. The van der Waals surface area contributed by atoms with Gasteiger partial charge >= 0.3 is 5.91 Å². The van der Waals surface area contributed by atoms with E-state index in [2.05, 4.69) is 11.7 Å². The molecule has 8 nitrogen and oxygen atoms in total. The minimum absolute atomic E-state index is 0.0743. The molecule has 2 heterocycles. The highest BCUT2D eigenvalue weighted by Gasteiger charge is 2.48. The molecule has 1 amide bonds. The van der Waals surface area contributed by atoms with Crippen LogP contribution in [0.3, 0.4) is 0 Å². The molecule has 1 saturated heterocycles. The number of anilines is 1. The number of carbonyl (C=O) groups excluding carboxylic acids is 2. The fourth-order valence-electron chi connectivity index (χ4n) is 3.71. The minimum Gasteiger partial charge on any atom is -0.507 e. The third-order valence-corrected chi connectivity index (χ3v) is 5.19. The summed E-state index contributed by atoms with van der Waals surface area (Å²) in [6.07, 6.45) is 1.61. The largest absolute Gasteiger partial charge is 0.507 e. The second-order valence-electron chi connectivity index (χ2n) is 7.37. The maximum absolute atomic E-state index is 13.2. The molecule has 1 fully saturated rings. The van der Waals surface area contributed by atoms with E-state index in [0.29, 0.717) is 28.4 Å². The number of ketones is 1. The molecule has 0 aliphatic carbocycles. The molecule has 0 spiro atoms. The predicted molar refractivity (Wildman–Crippen MR) is 121 cm³/mol. The quantitative estimate of drug-likeness (QED) is 0.251. The van der Waals surface area contributed by atoms with Crippen molar-refractivity contribution >= 4 is 23.3 Å². The number of Topliss-reactive ketones (excluding diaryl/α,β-unsaturated/α-hetero) is 1. The van der Waals surface area contributed by atoms with Gasteiger partial charge in [0.15, 0.2) is 5.82 Å². The van der Waals surface area contributed by atoms with Crippen molar-refractivity contribution in [2.24, 2.45) is 0 Å². The Morgan fingerprint density at radius 1 is 1.18 bits per heavy atom. The van der Waals surface area contributed by atoms with Gasteiger partial charge in [0.1, 0.15) is 29.6 Å². The Hall–Kier alpha value is -4.33. The van der Waals surface area contributed by atoms with Crippen LogP contribution in [0.15, 0.2) is 77.3 Å². The van der Waals surface area contributed by atoms with Gasteiger partial charge in [0.05, 0.1) is 18.7 Å². The normalized spacial score (nSPS) is 17.3. The summed E-state index contributed by atoms with van der Waals surface area (Å²) < 4.78 is 16.0. The second kappa shape index (κ2) is 9.04. The summed E-state index contributed by atoms with van der Waals surface area (Å²) in [4.78, 5) is 27.5. The Kier molecular flexibility index (Phi) is 5.99.